The highest BCUT2D eigenvalue weighted by Gasteiger charge is 2.36. The van der Waals surface area contributed by atoms with E-state index in [2.05, 4.69) is 6.07 Å². The molecular weight excluding hydrogens is 166 g/mol. The number of para-hydroxylation sites is 1. The second-order valence-corrected chi connectivity index (χ2v) is 3.49. The molecule has 3 nitrogen and oxygen atoms in total. The molecule has 3 heteroatoms. The molecule has 0 bridgehead atoms. The number of quaternary nitrogens is 1. The Labute approximate surface area is 76.9 Å². The Balaban J connectivity index is 2.06. The van der Waals surface area contributed by atoms with Gasteiger partial charge in [-0.1, -0.05) is 12.1 Å². The fraction of sp³-hybridized carbons (Fsp3) is 0.400. The minimum Gasteiger partial charge on any atom is -0.445 e. The average Bonchev–Trinajstić information content (AvgIpc) is 2.65. The fourth-order valence-corrected chi connectivity index (χ4v) is 2.01. The van der Waals surface area contributed by atoms with Gasteiger partial charge in [-0.05, 0) is 12.1 Å². The zero-order valence-corrected chi connectivity index (χ0v) is 7.32. The Kier molecular flexibility index (Phi) is 1.54. The van der Waals surface area contributed by atoms with Gasteiger partial charge in [-0.15, -0.1) is 0 Å². The maximum atomic E-state index is 5.67. The van der Waals surface area contributed by atoms with Crippen LogP contribution in [0.1, 0.15) is 11.8 Å². The van der Waals surface area contributed by atoms with E-state index in [4.69, 9.17) is 9.47 Å². The second kappa shape index (κ2) is 2.72. The van der Waals surface area contributed by atoms with E-state index in [1.54, 1.807) is 0 Å². The van der Waals surface area contributed by atoms with Gasteiger partial charge in [0.15, 0.2) is 0 Å². The molecule has 1 aromatic carbocycles. The van der Waals surface area contributed by atoms with Crippen molar-refractivity contribution in [1.82, 2.24) is 0 Å². The average molecular weight is 178 g/mol. The molecule has 0 radical (unpaired) electrons. The summed E-state index contributed by atoms with van der Waals surface area (Å²) >= 11 is 0. The molecule has 3 rings (SSSR count). The molecular formula is C10H12NO2+. The van der Waals surface area contributed by atoms with Gasteiger partial charge in [0.2, 0.25) is 13.0 Å². The predicted octanol–water partition coefficient (Wildman–Crippen LogP) is -0.0498. The van der Waals surface area contributed by atoms with Crippen molar-refractivity contribution >= 4 is 0 Å². The molecule has 13 heavy (non-hydrogen) atoms. The minimum absolute atomic E-state index is 0.213. The minimum atomic E-state index is 0.213. The molecule has 2 atom stereocenters. The van der Waals surface area contributed by atoms with E-state index >= 15 is 0 Å². The quantitative estimate of drug-likeness (QED) is 0.602. The van der Waals surface area contributed by atoms with Crippen LogP contribution in [0, 0.1) is 0 Å². The number of fused-ring (bicyclic) bond motifs is 3. The molecule has 0 saturated carbocycles. The topological polar surface area (TPSA) is 22.9 Å². The molecule has 1 N–H and O–H groups in total. The molecule has 0 amide bonds. The van der Waals surface area contributed by atoms with Crippen LogP contribution in [-0.2, 0) is 4.74 Å². The van der Waals surface area contributed by atoms with Crippen LogP contribution in [0.3, 0.4) is 0 Å². The van der Waals surface area contributed by atoms with Crippen LogP contribution in [-0.4, -0.2) is 19.9 Å². The zero-order chi connectivity index (χ0) is 8.67. The summed E-state index contributed by atoms with van der Waals surface area (Å²) in [7, 11) is 0. The molecule has 1 aromatic rings. The first-order valence-electron chi connectivity index (χ1n) is 4.63. The third-order valence-corrected chi connectivity index (χ3v) is 2.69. The highest BCUT2D eigenvalue weighted by molar-refractivity contribution is 5.34. The van der Waals surface area contributed by atoms with E-state index in [1.807, 2.05) is 18.2 Å². The summed E-state index contributed by atoms with van der Waals surface area (Å²) in [4.78, 5) is 1.39. The van der Waals surface area contributed by atoms with Crippen LogP contribution >= 0.6 is 0 Å². The van der Waals surface area contributed by atoms with Crippen molar-refractivity contribution in [3.8, 4) is 5.75 Å². The summed E-state index contributed by atoms with van der Waals surface area (Å²) in [5, 5.41) is 0. The maximum Gasteiger partial charge on any atom is 0.225 e. The van der Waals surface area contributed by atoms with Gasteiger partial charge in [-0.2, -0.15) is 0 Å². The van der Waals surface area contributed by atoms with E-state index < -0.39 is 0 Å². The van der Waals surface area contributed by atoms with Crippen LogP contribution in [0.2, 0.25) is 0 Å². The summed E-state index contributed by atoms with van der Waals surface area (Å²) in [6.45, 7) is 2.64. The zero-order valence-electron chi connectivity index (χ0n) is 7.32. The number of benzene rings is 1. The number of hydrogen-bond donors (Lipinski definition) is 1. The van der Waals surface area contributed by atoms with Crippen molar-refractivity contribution in [1.29, 1.82) is 0 Å². The third kappa shape index (κ3) is 1.04. The fourth-order valence-electron chi connectivity index (χ4n) is 2.01. The number of hydrogen-bond acceptors (Lipinski definition) is 2. The van der Waals surface area contributed by atoms with Gasteiger partial charge in [0.25, 0.3) is 0 Å². The van der Waals surface area contributed by atoms with Gasteiger partial charge in [0, 0.05) is 0 Å². The lowest BCUT2D eigenvalue weighted by Gasteiger charge is -2.26. The first-order valence-corrected chi connectivity index (χ1v) is 4.63. The number of nitrogens with one attached hydrogen (secondary N) is 1. The maximum absolute atomic E-state index is 5.67. The lowest BCUT2D eigenvalue weighted by molar-refractivity contribution is -0.949. The van der Waals surface area contributed by atoms with Gasteiger partial charge in [-0.25, -0.2) is 0 Å². The van der Waals surface area contributed by atoms with Crippen molar-refractivity contribution in [2.24, 2.45) is 0 Å². The Hall–Kier alpha value is -1.06. The molecule has 2 aliphatic rings. The van der Waals surface area contributed by atoms with Crippen molar-refractivity contribution in [3.05, 3.63) is 29.8 Å². The van der Waals surface area contributed by atoms with Crippen molar-refractivity contribution in [2.45, 2.75) is 6.23 Å². The molecule has 0 spiro atoms. The first kappa shape index (κ1) is 7.35. The summed E-state index contributed by atoms with van der Waals surface area (Å²) in [6.07, 6.45) is 0.213. The third-order valence-electron chi connectivity index (χ3n) is 2.69. The van der Waals surface area contributed by atoms with Crippen LogP contribution in [0.4, 0.5) is 0 Å². The highest BCUT2D eigenvalue weighted by atomic mass is 16.5. The molecule has 2 heterocycles. The SMILES string of the molecule is c1ccc2c(c1)OC[NH+]1CCO[C@H]21. The Morgan fingerprint density at radius 3 is 3.23 bits per heavy atom. The van der Waals surface area contributed by atoms with Gasteiger partial charge >= 0.3 is 0 Å². The van der Waals surface area contributed by atoms with Crippen LogP contribution in [0.25, 0.3) is 0 Å². The Morgan fingerprint density at radius 1 is 1.31 bits per heavy atom. The van der Waals surface area contributed by atoms with Gasteiger partial charge < -0.3 is 9.47 Å². The standard InChI is InChI=1S/C10H11NO2/c1-2-4-9-8(3-1)10-11(7-13-9)5-6-12-10/h1-4,10H,5-7H2/p+1/t10-/m1/s1. The van der Waals surface area contributed by atoms with E-state index in [9.17, 15) is 0 Å². The monoisotopic (exact) mass is 178 g/mol. The molecule has 1 saturated heterocycles. The number of ether oxygens (including phenoxy) is 2. The van der Waals surface area contributed by atoms with Crippen molar-refractivity contribution in [2.75, 3.05) is 19.9 Å². The normalized spacial score (nSPS) is 30.5. The molecule has 0 aromatic heterocycles. The van der Waals surface area contributed by atoms with E-state index in [1.165, 1.54) is 10.5 Å². The number of rotatable bonds is 0. The molecule has 2 aliphatic heterocycles. The molecule has 1 fully saturated rings. The van der Waals surface area contributed by atoms with Crippen LogP contribution in [0.15, 0.2) is 24.3 Å². The summed E-state index contributed by atoms with van der Waals surface area (Å²) in [6, 6.07) is 8.13. The molecule has 68 valence electrons. The largest absolute Gasteiger partial charge is 0.445 e. The van der Waals surface area contributed by atoms with E-state index in [0.717, 1.165) is 25.6 Å². The van der Waals surface area contributed by atoms with E-state index in [0.29, 0.717) is 0 Å². The second-order valence-electron chi connectivity index (χ2n) is 3.49. The lowest BCUT2D eigenvalue weighted by atomic mass is 10.1. The first-order chi connectivity index (χ1) is 6.45. The summed E-state index contributed by atoms with van der Waals surface area (Å²) < 4.78 is 11.3. The molecule has 1 unspecified atom stereocenters. The van der Waals surface area contributed by atoms with Gasteiger partial charge in [0.1, 0.15) is 18.9 Å². The predicted molar refractivity (Wildman–Crippen MR) is 46.5 cm³/mol. The van der Waals surface area contributed by atoms with E-state index in [-0.39, 0.29) is 6.23 Å². The Bertz CT molecular complexity index is 326. The highest BCUT2D eigenvalue weighted by Crippen LogP contribution is 2.27. The smallest absolute Gasteiger partial charge is 0.225 e. The summed E-state index contributed by atoms with van der Waals surface area (Å²) in [5.74, 6) is 0.984. The van der Waals surface area contributed by atoms with Crippen molar-refractivity contribution < 1.29 is 14.4 Å². The molecule has 0 aliphatic carbocycles. The Morgan fingerprint density at radius 2 is 2.23 bits per heavy atom. The lowest BCUT2D eigenvalue weighted by Crippen LogP contribution is -3.12. The summed E-state index contributed by atoms with van der Waals surface area (Å²) in [5.41, 5.74) is 1.20. The van der Waals surface area contributed by atoms with Gasteiger partial charge in [-0.3, -0.25) is 4.90 Å². The van der Waals surface area contributed by atoms with Crippen LogP contribution in [0.5, 0.6) is 5.75 Å². The van der Waals surface area contributed by atoms with Crippen LogP contribution < -0.4 is 9.64 Å². The van der Waals surface area contributed by atoms with Crippen molar-refractivity contribution in [3.63, 3.8) is 0 Å². The van der Waals surface area contributed by atoms with Gasteiger partial charge in [0.05, 0.1) is 5.56 Å².